The van der Waals surface area contributed by atoms with E-state index in [4.69, 9.17) is 0 Å². The summed E-state index contributed by atoms with van der Waals surface area (Å²) in [5.74, 6) is 0. The topological polar surface area (TPSA) is 29.4 Å². The minimum Gasteiger partial charge on any atom is -0.211 e. The summed E-state index contributed by atoms with van der Waals surface area (Å²) in [5.41, 5.74) is 1.66. The second-order valence-electron chi connectivity index (χ2n) is 4.01. The molecule has 78 valence electrons. The van der Waals surface area contributed by atoms with Crippen molar-refractivity contribution in [2.24, 2.45) is 4.99 Å². The van der Waals surface area contributed by atoms with Crippen molar-refractivity contribution < 1.29 is 4.79 Å². The molecule has 0 amide bonds. The van der Waals surface area contributed by atoms with Crippen LogP contribution in [0.25, 0.3) is 0 Å². The van der Waals surface area contributed by atoms with E-state index >= 15 is 0 Å². The molecule has 0 unspecified atom stereocenters. The van der Waals surface area contributed by atoms with Gasteiger partial charge in [-0.15, -0.1) is 0 Å². The highest BCUT2D eigenvalue weighted by atomic mass is 79.9. The van der Waals surface area contributed by atoms with Crippen molar-refractivity contribution >= 4 is 22.0 Å². The molecule has 0 bridgehead atoms. The van der Waals surface area contributed by atoms with Crippen LogP contribution in [0.3, 0.4) is 0 Å². The molecule has 0 aromatic heterocycles. The molecule has 2 rings (SSSR count). The molecule has 1 aromatic carbocycles. The Morgan fingerprint density at radius 1 is 1.33 bits per heavy atom. The third kappa shape index (κ3) is 2.36. The number of hydrogen-bond acceptors (Lipinski definition) is 2. The van der Waals surface area contributed by atoms with Gasteiger partial charge in [-0.2, -0.15) is 0 Å². The quantitative estimate of drug-likeness (QED) is 0.607. The van der Waals surface area contributed by atoms with E-state index in [1.54, 1.807) is 6.08 Å². The van der Waals surface area contributed by atoms with E-state index < -0.39 is 0 Å². The molecule has 1 saturated carbocycles. The Morgan fingerprint density at radius 2 is 2.00 bits per heavy atom. The first kappa shape index (κ1) is 10.6. The van der Waals surface area contributed by atoms with Crippen LogP contribution in [-0.4, -0.2) is 12.6 Å². The number of aliphatic imine (C=N–C) groups is 1. The Bertz CT molecular complexity index is 389. The van der Waals surface area contributed by atoms with Gasteiger partial charge in [0.05, 0.1) is 6.54 Å². The molecule has 0 aliphatic heterocycles. The predicted octanol–water partition coefficient (Wildman–Crippen LogP) is 3.21. The van der Waals surface area contributed by atoms with Gasteiger partial charge < -0.3 is 0 Å². The van der Waals surface area contributed by atoms with Crippen LogP contribution in [-0.2, 0) is 10.2 Å². The van der Waals surface area contributed by atoms with Crippen molar-refractivity contribution in [2.45, 2.75) is 24.7 Å². The van der Waals surface area contributed by atoms with Gasteiger partial charge in [0.1, 0.15) is 0 Å². The lowest BCUT2D eigenvalue weighted by Gasteiger charge is -2.13. The lowest BCUT2D eigenvalue weighted by molar-refractivity contribution is 0.559. The van der Waals surface area contributed by atoms with E-state index in [9.17, 15) is 4.79 Å². The molecule has 0 saturated heterocycles. The normalized spacial score (nSPS) is 16.9. The molecule has 15 heavy (non-hydrogen) atoms. The third-order valence-corrected chi connectivity index (χ3v) is 3.61. The van der Waals surface area contributed by atoms with E-state index in [2.05, 4.69) is 45.2 Å². The van der Waals surface area contributed by atoms with Crippen molar-refractivity contribution in [1.29, 1.82) is 0 Å². The maximum Gasteiger partial charge on any atom is 0.234 e. The zero-order valence-electron chi connectivity index (χ0n) is 8.37. The molecule has 1 aromatic rings. The average Bonchev–Trinajstić information content (AvgIpc) is 3.00. The van der Waals surface area contributed by atoms with E-state index in [0.717, 1.165) is 10.9 Å². The second kappa shape index (κ2) is 4.30. The van der Waals surface area contributed by atoms with Crippen LogP contribution in [0.1, 0.15) is 24.8 Å². The molecule has 3 heteroatoms. The van der Waals surface area contributed by atoms with Crippen LogP contribution in [0.2, 0.25) is 0 Å². The zero-order chi connectivity index (χ0) is 10.7. The monoisotopic (exact) mass is 265 g/mol. The van der Waals surface area contributed by atoms with Crippen LogP contribution < -0.4 is 0 Å². The molecule has 0 N–H and O–H groups in total. The molecule has 0 atom stereocenters. The van der Waals surface area contributed by atoms with Crippen LogP contribution >= 0.6 is 15.9 Å². The third-order valence-electron chi connectivity index (χ3n) is 3.08. The van der Waals surface area contributed by atoms with Crippen molar-refractivity contribution in [2.75, 3.05) is 6.54 Å². The summed E-state index contributed by atoms with van der Waals surface area (Å²) in [4.78, 5) is 13.6. The van der Waals surface area contributed by atoms with Gasteiger partial charge in [-0.05, 0) is 42.4 Å². The maximum atomic E-state index is 9.99. The highest BCUT2D eigenvalue weighted by molar-refractivity contribution is 9.10. The van der Waals surface area contributed by atoms with Crippen LogP contribution in [0.15, 0.2) is 33.7 Å². The number of carbonyl (C=O) groups excluding carboxylic acids is 1. The number of halogens is 1. The Hall–Kier alpha value is -0.920. The summed E-state index contributed by atoms with van der Waals surface area (Å²) in [6.07, 6.45) is 4.98. The molecular formula is C12H12BrNO. The molecule has 0 spiro atoms. The minimum atomic E-state index is 0.293. The highest BCUT2D eigenvalue weighted by Gasteiger charge is 2.43. The van der Waals surface area contributed by atoms with E-state index in [0.29, 0.717) is 12.0 Å². The molecule has 0 heterocycles. The number of benzene rings is 1. The summed E-state index contributed by atoms with van der Waals surface area (Å²) in [6.45, 7) is 0.597. The van der Waals surface area contributed by atoms with Gasteiger partial charge in [0.15, 0.2) is 0 Å². The molecular weight excluding hydrogens is 254 g/mol. The van der Waals surface area contributed by atoms with Gasteiger partial charge >= 0.3 is 0 Å². The Balaban J connectivity index is 2.08. The van der Waals surface area contributed by atoms with Crippen LogP contribution in [0.5, 0.6) is 0 Å². The van der Waals surface area contributed by atoms with Crippen LogP contribution in [0.4, 0.5) is 0 Å². The van der Waals surface area contributed by atoms with Gasteiger partial charge in [0.25, 0.3) is 0 Å². The Labute approximate surface area is 97.5 Å². The molecule has 1 aliphatic carbocycles. The summed E-state index contributed by atoms with van der Waals surface area (Å²) < 4.78 is 1.10. The largest absolute Gasteiger partial charge is 0.234 e. The number of rotatable bonds is 4. The van der Waals surface area contributed by atoms with Gasteiger partial charge in [0.2, 0.25) is 6.08 Å². The second-order valence-corrected chi connectivity index (χ2v) is 4.93. The van der Waals surface area contributed by atoms with Crippen molar-refractivity contribution in [1.82, 2.24) is 0 Å². The van der Waals surface area contributed by atoms with Gasteiger partial charge in [0, 0.05) is 4.47 Å². The summed E-state index contributed by atoms with van der Waals surface area (Å²) in [7, 11) is 0. The van der Waals surface area contributed by atoms with Crippen molar-refractivity contribution in [3.05, 3.63) is 34.3 Å². The zero-order valence-corrected chi connectivity index (χ0v) is 9.96. The number of hydrogen-bond donors (Lipinski definition) is 0. The van der Waals surface area contributed by atoms with Gasteiger partial charge in [-0.3, -0.25) is 0 Å². The number of isocyanates is 1. The van der Waals surface area contributed by atoms with Crippen molar-refractivity contribution in [3.8, 4) is 0 Å². The smallest absolute Gasteiger partial charge is 0.211 e. The number of nitrogens with zero attached hydrogens (tertiary/aromatic N) is 1. The first-order chi connectivity index (χ1) is 7.27. The van der Waals surface area contributed by atoms with Gasteiger partial charge in [-0.25, -0.2) is 9.79 Å². The van der Waals surface area contributed by atoms with Crippen LogP contribution in [0, 0.1) is 0 Å². The SMILES string of the molecule is O=C=NCCC1(c2ccc(Br)cc2)CC1. The fourth-order valence-electron chi connectivity index (χ4n) is 1.95. The molecule has 0 radical (unpaired) electrons. The Kier molecular flexibility index (Phi) is 3.03. The first-order valence-electron chi connectivity index (χ1n) is 5.06. The summed E-state index contributed by atoms with van der Waals surface area (Å²) in [5, 5.41) is 0. The Morgan fingerprint density at radius 3 is 2.53 bits per heavy atom. The molecule has 2 nitrogen and oxygen atoms in total. The molecule has 1 aliphatic rings. The van der Waals surface area contributed by atoms with Crippen molar-refractivity contribution in [3.63, 3.8) is 0 Å². The molecule has 1 fully saturated rings. The lowest BCUT2D eigenvalue weighted by atomic mass is 9.93. The fraction of sp³-hybridized carbons (Fsp3) is 0.417. The van der Waals surface area contributed by atoms with Gasteiger partial charge in [-0.1, -0.05) is 28.1 Å². The highest BCUT2D eigenvalue weighted by Crippen LogP contribution is 2.51. The van der Waals surface area contributed by atoms with E-state index in [1.165, 1.54) is 18.4 Å². The standard InChI is InChI=1S/C12H12BrNO/c13-11-3-1-10(2-4-11)12(5-6-12)7-8-14-9-15/h1-4H,5-8H2. The average molecular weight is 266 g/mol. The first-order valence-corrected chi connectivity index (χ1v) is 5.86. The predicted molar refractivity (Wildman–Crippen MR) is 62.7 cm³/mol. The van der Waals surface area contributed by atoms with E-state index in [-0.39, 0.29) is 0 Å². The fourth-order valence-corrected chi connectivity index (χ4v) is 2.22. The summed E-state index contributed by atoms with van der Waals surface area (Å²) >= 11 is 3.43. The minimum absolute atomic E-state index is 0.293. The maximum absolute atomic E-state index is 9.99. The summed E-state index contributed by atoms with van der Waals surface area (Å²) in [6, 6.07) is 8.44. The van der Waals surface area contributed by atoms with E-state index in [1.807, 2.05) is 0 Å². The lowest BCUT2D eigenvalue weighted by Crippen LogP contribution is -2.07.